The van der Waals surface area contributed by atoms with Gasteiger partial charge in [0.15, 0.2) is 0 Å². The van der Waals surface area contributed by atoms with Gasteiger partial charge in [0.1, 0.15) is 6.04 Å². The van der Waals surface area contributed by atoms with Crippen LogP contribution in [0.25, 0.3) is 0 Å². The van der Waals surface area contributed by atoms with Crippen molar-refractivity contribution in [3.63, 3.8) is 0 Å². The van der Waals surface area contributed by atoms with Crippen LogP contribution in [0.15, 0.2) is 30.9 Å². The van der Waals surface area contributed by atoms with E-state index < -0.39 is 23.8 Å². The number of carbonyl (C=O) groups is 3. The fraction of sp³-hybridized carbons (Fsp3) is 0.214. The highest BCUT2D eigenvalue weighted by Crippen LogP contribution is 2.26. The SMILES string of the molecule is C=CCC(C(=O)O)N1C(=O)c2ccc(C)cc2C1=O. The van der Waals surface area contributed by atoms with Gasteiger partial charge in [-0.15, -0.1) is 6.58 Å². The zero-order valence-corrected chi connectivity index (χ0v) is 10.4. The van der Waals surface area contributed by atoms with E-state index in [9.17, 15) is 14.4 Å². The largest absolute Gasteiger partial charge is 0.480 e. The first kappa shape index (κ1) is 13.0. The number of nitrogens with zero attached hydrogens (tertiary/aromatic N) is 1. The average Bonchev–Trinajstić information content (AvgIpc) is 2.59. The highest BCUT2D eigenvalue weighted by Gasteiger charge is 2.42. The number of hydrogen-bond acceptors (Lipinski definition) is 3. The van der Waals surface area contributed by atoms with Crippen LogP contribution in [0.3, 0.4) is 0 Å². The zero-order chi connectivity index (χ0) is 14.2. The predicted octanol–water partition coefficient (Wildman–Crippen LogP) is 1.62. The number of amides is 2. The summed E-state index contributed by atoms with van der Waals surface area (Å²) in [6.45, 7) is 5.26. The van der Waals surface area contributed by atoms with Crippen molar-refractivity contribution in [3.8, 4) is 0 Å². The Kier molecular flexibility index (Phi) is 3.21. The van der Waals surface area contributed by atoms with Gasteiger partial charge in [-0.2, -0.15) is 0 Å². The van der Waals surface area contributed by atoms with Crippen molar-refractivity contribution in [1.29, 1.82) is 0 Å². The lowest BCUT2D eigenvalue weighted by molar-refractivity contribution is -0.141. The fourth-order valence-corrected chi connectivity index (χ4v) is 2.13. The maximum Gasteiger partial charge on any atom is 0.327 e. The van der Waals surface area contributed by atoms with Gasteiger partial charge in [0.05, 0.1) is 11.1 Å². The maximum atomic E-state index is 12.2. The van der Waals surface area contributed by atoms with Crippen LogP contribution in [0, 0.1) is 6.92 Å². The molecule has 5 nitrogen and oxygen atoms in total. The van der Waals surface area contributed by atoms with Crippen molar-refractivity contribution >= 4 is 17.8 Å². The van der Waals surface area contributed by atoms with Gasteiger partial charge in [0, 0.05) is 0 Å². The molecule has 2 amide bonds. The van der Waals surface area contributed by atoms with Gasteiger partial charge >= 0.3 is 5.97 Å². The van der Waals surface area contributed by atoms with Crippen LogP contribution in [0.1, 0.15) is 32.7 Å². The minimum absolute atomic E-state index is 0.0276. The van der Waals surface area contributed by atoms with E-state index in [1.807, 2.05) is 0 Å². The van der Waals surface area contributed by atoms with Gasteiger partial charge in [0.25, 0.3) is 11.8 Å². The third-order valence-electron chi connectivity index (χ3n) is 3.06. The standard InChI is InChI=1S/C14H13NO4/c1-3-4-11(14(18)19)15-12(16)9-6-5-8(2)7-10(9)13(15)17/h3,5-7,11H,1,4H2,2H3,(H,18,19). The molecule has 0 bridgehead atoms. The summed E-state index contributed by atoms with van der Waals surface area (Å²) in [5, 5.41) is 9.14. The van der Waals surface area contributed by atoms with Crippen LogP contribution in [-0.2, 0) is 4.79 Å². The molecule has 5 heteroatoms. The van der Waals surface area contributed by atoms with Crippen LogP contribution in [0.5, 0.6) is 0 Å². The molecule has 0 spiro atoms. The number of benzene rings is 1. The zero-order valence-electron chi connectivity index (χ0n) is 10.4. The van der Waals surface area contributed by atoms with E-state index in [0.717, 1.165) is 10.5 Å². The summed E-state index contributed by atoms with van der Waals surface area (Å²) in [4.78, 5) is 36.3. The Morgan fingerprint density at radius 1 is 1.37 bits per heavy atom. The van der Waals surface area contributed by atoms with E-state index in [1.54, 1.807) is 25.1 Å². The van der Waals surface area contributed by atoms with Crippen molar-refractivity contribution in [2.45, 2.75) is 19.4 Å². The molecule has 1 aromatic carbocycles. The number of aliphatic carboxylic acids is 1. The Balaban J connectivity index is 2.46. The number of imide groups is 1. The Hall–Kier alpha value is -2.43. The number of rotatable bonds is 4. The summed E-state index contributed by atoms with van der Waals surface area (Å²) >= 11 is 0. The summed E-state index contributed by atoms with van der Waals surface area (Å²) in [5.74, 6) is -2.33. The normalized spacial score (nSPS) is 15.3. The number of fused-ring (bicyclic) bond motifs is 1. The molecule has 0 aliphatic carbocycles. The molecule has 0 radical (unpaired) electrons. The molecule has 1 heterocycles. The molecule has 1 N–H and O–H groups in total. The molecule has 1 atom stereocenters. The van der Waals surface area contributed by atoms with Crippen molar-refractivity contribution < 1.29 is 19.5 Å². The molecule has 19 heavy (non-hydrogen) atoms. The van der Waals surface area contributed by atoms with E-state index >= 15 is 0 Å². The lowest BCUT2D eigenvalue weighted by Crippen LogP contribution is -2.44. The van der Waals surface area contributed by atoms with Gasteiger partial charge in [-0.25, -0.2) is 4.79 Å². The number of hydrogen-bond donors (Lipinski definition) is 1. The minimum Gasteiger partial charge on any atom is -0.480 e. The van der Waals surface area contributed by atoms with E-state index in [2.05, 4.69) is 6.58 Å². The summed E-state index contributed by atoms with van der Waals surface area (Å²) in [6.07, 6.45) is 1.41. The monoisotopic (exact) mass is 259 g/mol. The summed E-state index contributed by atoms with van der Waals surface area (Å²) in [5.41, 5.74) is 1.36. The molecule has 0 saturated carbocycles. The molecule has 0 fully saturated rings. The van der Waals surface area contributed by atoms with Crippen LogP contribution in [0.2, 0.25) is 0 Å². The molecule has 0 aromatic heterocycles. The van der Waals surface area contributed by atoms with E-state index in [4.69, 9.17) is 5.11 Å². The fourth-order valence-electron chi connectivity index (χ4n) is 2.13. The lowest BCUT2D eigenvalue weighted by atomic mass is 10.1. The number of carboxylic acid groups (broad SMARTS) is 1. The molecular weight excluding hydrogens is 246 g/mol. The van der Waals surface area contributed by atoms with E-state index in [-0.39, 0.29) is 17.5 Å². The highest BCUT2D eigenvalue weighted by molar-refractivity contribution is 6.22. The quantitative estimate of drug-likeness (QED) is 0.658. The van der Waals surface area contributed by atoms with Gasteiger partial charge in [0.2, 0.25) is 0 Å². The molecule has 2 rings (SSSR count). The third-order valence-corrected chi connectivity index (χ3v) is 3.06. The summed E-state index contributed by atoms with van der Waals surface area (Å²) in [7, 11) is 0. The average molecular weight is 259 g/mol. The number of carbonyl (C=O) groups excluding carboxylic acids is 2. The van der Waals surface area contributed by atoms with Crippen LogP contribution in [0.4, 0.5) is 0 Å². The van der Waals surface area contributed by atoms with Crippen molar-refractivity contribution in [1.82, 2.24) is 4.90 Å². The van der Waals surface area contributed by atoms with Gasteiger partial charge in [-0.05, 0) is 25.5 Å². The number of carboxylic acids is 1. The molecule has 1 unspecified atom stereocenters. The maximum absolute atomic E-state index is 12.2. The van der Waals surface area contributed by atoms with Crippen molar-refractivity contribution in [2.24, 2.45) is 0 Å². The first-order chi connectivity index (χ1) is 8.97. The lowest BCUT2D eigenvalue weighted by Gasteiger charge is -2.21. The summed E-state index contributed by atoms with van der Waals surface area (Å²) in [6, 6.07) is 3.67. The van der Waals surface area contributed by atoms with Crippen LogP contribution in [-0.4, -0.2) is 33.8 Å². The topological polar surface area (TPSA) is 74.7 Å². The predicted molar refractivity (Wildman–Crippen MR) is 67.9 cm³/mol. The number of aryl methyl sites for hydroxylation is 1. The Labute approximate surface area is 110 Å². The van der Waals surface area contributed by atoms with Crippen molar-refractivity contribution in [2.75, 3.05) is 0 Å². The second-order valence-electron chi connectivity index (χ2n) is 4.41. The molecule has 1 aliphatic rings. The smallest absolute Gasteiger partial charge is 0.327 e. The van der Waals surface area contributed by atoms with E-state index in [0.29, 0.717) is 0 Å². The van der Waals surface area contributed by atoms with Crippen molar-refractivity contribution in [3.05, 3.63) is 47.5 Å². The minimum atomic E-state index is -1.22. The molecular formula is C14H13NO4. The van der Waals surface area contributed by atoms with Gasteiger partial charge in [-0.1, -0.05) is 17.7 Å². The first-order valence-electron chi connectivity index (χ1n) is 5.79. The van der Waals surface area contributed by atoms with E-state index in [1.165, 1.54) is 6.08 Å². The van der Waals surface area contributed by atoms with Crippen LogP contribution >= 0.6 is 0 Å². The Bertz CT molecular complexity index is 591. The van der Waals surface area contributed by atoms with Gasteiger partial charge in [-0.3, -0.25) is 14.5 Å². The second-order valence-corrected chi connectivity index (χ2v) is 4.41. The molecule has 1 aliphatic heterocycles. The Morgan fingerprint density at radius 2 is 2.00 bits per heavy atom. The van der Waals surface area contributed by atoms with Gasteiger partial charge < -0.3 is 5.11 Å². The first-order valence-corrected chi connectivity index (χ1v) is 5.79. The second kappa shape index (κ2) is 4.68. The highest BCUT2D eigenvalue weighted by atomic mass is 16.4. The Morgan fingerprint density at radius 3 is 2.58 bits per heavy atom. The summed E-state index contributed by atoms with van der Waals surface area (Å²) < 4.78 is 0. The molecule has 98 valence electrons. The molecule has 0 saturated heterocycles. The molecule has 1 aromatic rings. The third kappa shape index (κ3) is 2.03. The van der Waals surface area contributed by atoms with Crippen LogP contribution < -0.4 is 0 Å².